The van der Waals surface area contributed by atoms with Gasteiger partial charge in [-0.3, -0.25) is 28.6 Å². The van der Waals surface area contributed by atoms with E-state index in [-0.39, 0.29) is 53.9 Å². The fourth-order valence-electron chi connectivity index (χ4n) is 3.52. The van der Waals surface area contributed by atoms with Gasteiger partial charge >= 0.3 is 57.7 Å². The molecule has 35 heavy (non-hydrogen) atoms. The second-order valence-corrected chi connectivity index (χ2v) is 8.78. The van der Waals surface area contributed by atoms with Crippen LogP contribution in [-0.4, -0.2) is 95.7 Å². The summed E-state index contributed by atoms with van der Waals surface area (Å²) < 4.78 is 36.7. The number of methoxy groups -OCH3 is 1. The summed E-state index contributed by atoms with van der Waals surface area (Å²) in [5, 5.41) is 4.63. The largest absolute Gasteiger partial charge is 1.00 e. The average molecular weight is 521 g/mol. The van der Waals surface area contributed by atoms with Gasteiger partial charge in [-0.25, -0.2) is 9.10 Å². The molecule has 0 bridgehead atoms. The second-order valence-electron chi connectivity index (χ2n) is 7.44. The normalized spacial score (nSPS) is 21.1. The standard InChI is InChI=1S/C19H23N5O9S.Na.H/c1-3-22-9-10-23(16(27)15(22)26)18(29)20-13(12-7-5-4-6-8-12)14(25)21-19(33-2)11-24(17(19)28)34(30,31)32;;/h4-8,13H,3,9-11H2,1-2H3,(H,20,29)(H,21,25)(H,30,31,32);;/q;+1;-1. The molecule has 14 nitrogen and oxygen atoms in total. The van der Waals surface area contributed by atoms with Crippen molar-refractivity contribution in [1.29, 1.82) is 0 Å². The molecule has 2 heterocycles. The van der Waals surface area contributed by atoms with Gasteiger partial charge < -0.3 is 21.7 Å². The average Bonchev–Trinajstić information content (AvgIpc) is 2.80. The number of urea groups is 1. The summed E-state index contributed by atoms with van der Waals surface area (Å²) in [6, 6.07) is 5.36. The van der Waals surface area contributed by atoms with E-state index in [1.165, 1.54) is 17.0 Å². The van der Waals surface area contributed by atoms with Crippen LogP contribution >= 0.6 is 0 Å². The summed E-state index contributed by atoms with van der Waals surface area (Å²) in [6.07, 6.45) is 0. The first-order valence-corrected chi connectivity index (χ1v) is 11.5. The maximum Gasteiger partial charge on any atom is 1.00 e. The molecule has 2 aliphatic rings. The van der Waals surface area contributed by atoms with Gasteiger partial charge in [0.15, 0.2) is 0 Å². The van der Waals surface area contributed by atoms with Crippen molar-refractivity contribution < 1.29 is 72.7 Å². The number of carbonyl (C=O) groups is 5. The van der Waals surface area contributed by atoms with Gasteiger partial charge in [-0.1, -0.05) is 30.3 Å². The molecule has 2 atom stereocenters. The van der Waals surface area contributed by atoms with E-state index in [1.54, 1.807) is 25.1 Å². The molecule has 1 aromatic rings. The monoisotopic (exact) mass is 521 g/mol. The molecular weight excluding hydrogens is 497 g/mol. The fraction of sp³-hybridized carbons (Fsp3) is 0.421. The molecule has 2 unspecified atom stereocenters. The van der Waals surface area contributed by atoms with Crippen LogP contribution in [0.2, 0.25) is 0 Å². The van der Waals surface area contributed by atoms with Gasteiger partial charge in [-0.2, -0.15) is 8.42 Å². The number of rotatable bonds is 7. The zero-order valence-corrected chi connectivity index (χ0v) is 22.1. The molecule has 2 fully saturated rings. The minimum atomic E-state index is -4.85. The van der Waals surface area contributed by atoms with Gasteiger partial charge in [0.2, 0.25) is 11.6 Å². The number of hydrogen-bond donors (Lipinski definition) is 3. The van der Waals surface area contributed by atoms with Crippen molar-refractivity contribution in [3.63, 3.8) is 0 Å². The van der Waals surface area contributed by atoms with E-state index >= 15 is 0 Å². The molecule has 0 aliphatic carbocycles. The molecule has 3 rings (SSSR count). The van der Waals surface area contributed by atoms with Gasteiger partial charge in [-0.05, 0) is 12.5 Å². The SMILES string of the molecule is CCN1CCN(C(=O)NC(C(=O)NC2(OC)CN(S(=O)(=O)O)C2=O)c2ccccc2)C(=O)C1=O.[H-].[Na+]. The van der Waals surface area contributed by atoms with Crippen molar-refractivity contribution in [2.45, 2.75) is 18.7 Å². The number of carbonyl (C=O) groups excluding carboxylic acids is 5. The van der Waals surface area contributed by atoms with Gasteiger partial charge in [0, 0.05) is 26.7 Å². The number of amides is 6. The van der Waals surface area contributed by atoms with E-state index in [1.807, 2.05) is 0 Å². The van der Waals surface area contributed by atoms with Crippen LogP contribution in [0.3, 0.4) is 0 Å². The van der Waals surface area contributed by atoms with Crippen molar-refractivity contribution in [1.82, 2.24) is 24.7 Å². The zero-order chi connectivity index (χ0) is 25.3. The van der Waals surface area contributed by atoms with Crippen LogP contribution in [0.5, 0.6) is 0 Å². The van der Waals surface area contributed by atoms with Crippen LogP contribution in [0.4, 0.5) is 4.79 Å². The summed E-state index contributed by atoms with van der Waals surface area (Å²) >= 11 is 0. The quantitative estimate of drug-likeness (QED) is 0.104. The number of imide groups is 1. The molecule has 6 amide bonds. The van der Waals surface area contributed by atoms with Gasteiger partial charge in [0.1, 0.15) is 6.04 Å². The molecule has 2 saturated heterocycles. The molecule has 0 radical (unpaired) electrons. The molecule has 16 heteroatoms. The Kier molecular flexibility index (Phi) is 9.02. The first-order valence-electron chi connectivity index (χ1n) is 10.1. The summed E-state index contributed by atoms with van der Waals surface area (Å²) in [5.41, 5.74) is -1.83. The minimum Gasteiger partial charge on any atom is -1.00 e. The fourth-order valence-corrected chi connectivity index (χ4v) is 4.22. The Labute approximate surface area is 224 Å². The van der Waals surface area contributed by atoms with E-state index in [0.29, 0.717) is 11.4 Å². The van der Waals surface area contributed by atoms with Crippen LogP contribution in [0.15, 0.2) is 30.3 Å². The number of ether oxygens (including phenoxy) is 1. The number of β-lactam (4-membered cyclic amide) rings is 1. The van der Waals surface area contributed by atoms with Crippen LogP contribution < -0.4 is 40.2 Å². The third kappa shape index (κ3) is 5.65. The zero-order valence-electron chi connectivity index (χ0n) is 20.3. The number of nitrogens with one attached hydrogen (secondary N) is 2. The number of likely N-dealkylation sites (N-methyl/N-ethyl adjacent to an activating group) is 1. The van der Waals surface area contributed by atoms with Gasteiger partial charge in [0.05, 0.1) is 6.54 Å². The molecular formula is C19H24N5NaO9S. The predicted molar refractivity (Wildman–Crippen MR) is 114 cm³/mol. The van der Waals surface area contributed by atoms with E-state index in [0.717, 1.165) is 7.11 Å². The van der Waals surface area contributed by atoms with E-state index in [2.05, 4.69) is 10.6 Å². The molecule has 186 valence electrons. The number of benzene rings is 1. The molecule has 3 N–H and O–H groups in total. The number of nitrogens with zero attached hydrogens (tertiary/aromatic N) is 3. The summed E-state index contributed by atoms with van der Waals surface area (Å²) in [6.45, 7) is 1.32. The van der Waals surface area contributed by atoms with Crippen LogP contribution in [-0.2, 0) is 34.2 Å². The molecule has 1 aromatic carbocycles. The Hall–Kier alpha value is -2.56. The third-order valence-electron chi connectivity index (χ3n) is 5.49. The van der Waals surface area contributed by atoms with Gasteiger partial charge in [-0.15, -0.1) is 0 Å². The Bertz CT molecular complexity index is 1140. The second kappa shape index (κ2) is 11.0. The minimum absolute atomic E-state index is 0. The van der Waals surface area contributed by atoms with Crippen molar-refractivity contribution >= 4 is 40.0 Å². The Morgan fingerprint density at radius 1 is 1.17 bits per heavy atom. The molecule has 2 aliphatic heterocycles. The van der Waals surface area contributed by atoms with E-state index < -0.39 is 58.3 Å². The number of hydrogen-bond acceptors (Lipinski definition) is 8. The van der Waals surface area contributed by atoms with Crippen molar-refractivity contribution in [3.05, 3.63) is 35.9 Å². The van der Waals surface area contributed by atoms with Gasteiger partial charge in [0.25, 0.3) is 5.91 Å². The van der Waals surface area contributed by atoms with Crippen molar-refractivity contribution in [3.8, 4) is 0 Å². The van der Waals surface area contributed by atoms with Crippen molar-refractivity contribution in [2.75, 3.05) is 33.3 Å². The molecule has 0 aromatic heterocycles. The summed E-state index contributed by atoms with van der Waals surface area (Å²) in [7, 11) is -3.80. The summed E-state index contributed by atoms with van der Waals surface area (Å²) in [4.78, 5) is 64.7. The van der Waals surface area contributed by atoms with Crippen LogP contribution in [0.25, 0.3) is 0 Å². The first kappa shape index (κ1) is 28.7. The molecule has 0 spiro atoms. The number of piperazine rings is 1. The molecule has 0 saturated carbocycles. The Balaban J connectivity index is 0.00000324. The van der Waals surface area contributed by atoms with Crippen LogP contribution in [0.1, 0.15) is 20.0 Å². The van der Waals surface area contributed by atoms with Crippen molar-refractivity contribution in [2.24, 2.45) is 0 Å². The first-order chi connectivity index (χ1) is 15.9. The van der Waals surface area contributed by atoms with E-state index in [4.69, 9.17) is 9.29 Å². The van der Waals surface area contributed by atoms with Crippen LogP contribution in [0, 0.1) is 0 Å². The summed E-state index contributed by atoms with van der Waals surface area (Å²) in [5.74, 6) is -4.10. The predicted octanol–water partition coefficient (Wildman–Crippen LogP) is -4.65. The Morgan fingerprint density at radius 2 is 1.80 bits per heavy atom. The smallest absolute Gasteiger partial charge is 1.00 e. The maximum absolute atomic E-state index is 13.1. The Morgan fingerprint density at radius 3 is 2.31 bits per heavy atom. The van der Waals surface area contributed by atoms with E-state index in [9.17, 15) is 32.4 Å². The third-order valence-corrected chi connectivity index (χ3v) is 6.34. The maximum atomic E-state index is 13.1. The topological polar surface area (TPSA) is 183 Å².